The number of hydrogen-bond donors (Lipinski definition) is 0. The Balaban J connectivity index is 2.55. The van der Waals surface area contributed by atoms with Gasteiger partial charge in [-0.1, -0.05) is 11.6 Å². The molecule has 0 aliphatic carbocycles. The maximum Gasteiger partial charge on any atom is 0.348 e. The number of fused-ring (bicyclic) bond motifs is 1. The monoisotopic (exact) mass is 258 g/mol. The minimum absolute atomic E-state index is 0.295. The van der Waals surface area contributed by atoms with Crippen molar-refractivity contribution in [3.8, 4) is 0 Å². The number of carbonyl (C=O) groups is 1. The molecular formula is C11H8ClFO2S. The van der Waals surface area contributed by atoms with Crippen LogP contribution in [0.25, 0.3) is 10.1 Å². The number of halogens is 2. The first-order valence-electron chi connectivity index (χ1n) is 4.68. The van der Waals surface area contributed by atoms with Crippen molar-refractivity contribution in [3.05, 3.63) is 33.9 Å². The van der Waals surface area contributed by atoms with E-state index in [9.17, 15) is 9.18 Å². The van der Waals surface area contributed by atoms with Crippen LogP contribution in [0.1, 0.15) is 16.6 Å². The minimum Gasteiger partial charge on any atom is -0.462 e. The maximum atomic E-state index is 13.4. The van der Waals surface area contributed by atoms with Crippen molar-refractivity contribution in [3.63, 3.8) is 0 Å². The van der Waals surface area contributed by atoms with Crippen LogP contribution in [0.4, 0.5) is 4.39 Å². The van der Waals surface area contributed by atoms with Gasteiger partial charge in [-0.15, -0.1) is 11.3 Å². The van der Waals surface area contributed by atoms with E-state index in [1.54, 1.807) is 13.0 Å². The van der Waals surface area contributed by atoms with Gasteiger partial charge in [0.1, 0.15) is 10.7 Å². The topological polar surface area (TPSA) is 26.3 Å². The molecule has 0 spiro atoms. The summed E-state index contributed by atoms with van der Waals surface area (Å²) in [6.07, 6.45) is 0. The fraction of sp³-hybridized carbons (Fsp3) is 0.182. The van der Waals surface area contributed by atoms with Crippen LogP contribution in [0.2, 0.25) is 5.02 Å². The van der Waals surface area contributed by atoms with Crippen molar-refractivity contribution in [2.24, 2.45) is 0 Å². The van der Waals surface area contributed by atoms with E-state index in [1.165, 1.54) is 12.1 Å². The molecule has 0 atom stereocenters. The fourth-order valence-corrected chi connectivity index (χ4v) is 2.61. The molecule has 1 heterocycles. The number of hydrogen-bond acceptors (Lipinski definition) is 3. The smallest absolute Gasteiger partial charge is 0.348 e. The molecule has 0 N–H and O–H groups in total. The Morgan fingerprint density at radius 3 is 2.94 bits per heavy atom. The van der Waals surface area contributed by atoms with Crippen molar-refractivity contribution >= 4 is 39.0 Å². The van der Waals surface area contributed by atoms with Gasteiger partial charge in [0.15, 0.2) is 0 Å². The molecule has 0 radical (unpaired) electrons. The molecule has 84 valence electrons. The van der Waals surface area contributed by atoms with E-state index >= 15 is 0 Å². The van der Waals surface area contributed by atoms with E-state index in [2.05, 4.69) is 0 Å². The summed E-state index contributed by atoms with van der Waals surface area (Å²) in [6, 6.07) is 4.32. The van der Waals surface area contributed by atoms with Gasteiger partial charge in [0.25, 0.3) is 0 Å². The molecule has 0 fully saturated rings. The molecule has 0 amide bonds. The van der Waals surface area contributed by atoms with Crippen LogP contribution in [0.5, 0.6) is 0 Å². The molecule has 16 heavy (non-hydrogen) atoms. The van der Waals surface area contributed by atoms with E-state index in [1.807, 2.05) is 0 Å². The number of rotatable bonds is 2. The van der Waals surface area contributed by atoms with Gasteiger partial charge < -0.3 is 4.74 Å². The average molecular weight is 259 g/mol. The molecule has 2 aromatic rings. The number of benzene rings is 1. The summed E-state index contributed by atoms with van der Waals surface area (Å²) in [5.74, 6) is -0.820. The summed E-state index contributed by atoms with van der Waals surface area (Å²) in [5, 5.41) is 0.984. The highest BCUT2D eigenvalue weighted by Crippen LogP contribution is 2.33. The lowest BCUT2D eigenvalue weighted by molar-refractivity contribution is 0.0532. The van der Waals surface area contributed by atoms with E-state index in [0.717, 1.165) is 11.3 Å². The highest BCUT2D eigenvalue weighted by Gasteiger charge is 2.15. The molecule has 0 unspecified atom stereocenters. The Hall–Kier alpha value is -1.13. The molecule has 0 bridgehead atoms. The van der Waals surface area contributed by atoms with Crippen LogP contribution >= 0.6 is 22.9 Å². The lowest BCUT2D eigenvalue weighted by atomic mass is 10.2. The van der Waals surface area contributed by atoms with Gasteiger partial charge in [-0.3, -0.25) is 0 Å². The molecule has 0 aliphatic heterocycles. The summed E-state index contributed by atoms with van der Waals surface area (Å²) in [5.41, 5.74) is 0. The normalized spacial score (nSPS) is 10.7. The Morgan fingerprint density at radius 2 is 2.31 bits per heavy atom. The van der Waals surface area contributed by atoms with Crippen molar-refractivity contribution < 1.29 is 13.9 Å². The average Bonchev–Trinajstić information content (AvgIpc) is 2.70. The van der Waals surface area contributed by atoms with Gasteiger partial charge in [0.2, 0.25) is 0 Å². The minimum atomic E-state index is -0.445. The summed E-state index contributed by atoms with van der Waals surface area (Å²) >= 11 is 6.96. The SMILES string of the molecule is CCOC(=O)c1cc2c(Cl)ccc(F)c2s1. The molecule has 1 aromatic carbocycles. The number of esters is 1. The molecule has 1 aromatic heterocycles. The Morgan fingerprint density at radius 1 is 1.56 bits per heavy atom. The zero-order valence-corrected chi connectivity index (χ0v) is 9.99. The van der Waals surface area contributed by atoms with Crippen molar-refractivity contribution in [1.29, 1.82) is 0 Å². The van der Waals surface area contributed by atoms with Gasteiger partial charge in [0.05, 0.1) is 11.3 Å². The van der Waals surface area contributed by atoms with Crippen LogP contribution in [0, 0.1) is 5.82 Å². The van der Waals surface area contributed by atoms with E-state index < -0.39 is 5.97 Å². The third-order valence-electron chi connectivity index (χ3n) is 2.06. The zero-order chi connectivity index (χ0) is 11.7. The van der Waals surface area contributed by atoms with Gasteiger partial charge in [-0.2, -0.15) is 0 Å². The zero-order valence-electron chi connectivity index (χ0n) is 8.42. The molecule has 2 nitrogen and oxygen atoms in total. The van der Waals surface area contributed by atoms with Gasteiger partial charge in [0, 0.05) is 10.4 Å². The lowest BCUT2D eigenvalue weighted by Crippen LogP contribution is -2.01. The van der Waals surface area contributed by atoms with Crippen LogP contribution < -0.4 is 0 Å². The molecule has 0 aliphatic rings. The second-order valence-corrected chi connectivity index (χ2v) is 4.56. The third kappa shape index (κ3) is 1.90. The first kappa shape index (κ1) is 11.4. The Kier molecular flexibility index (Phi) is 3.12. The van der Waals surface area contributed by atoms with Crippen molar-refractivity contribution in [2.45, 2.75) is 6.92 Å². The summed E-state index contributed by atoms with van der Waals surface area (Å²) in [7, 11) is 0. The highest BCUT2D eigenvalue weighted by molar-refractivity contribution is 7.20. The highest BCUT2D eigenvalue weighted by atomic mass is 35.5. The van der Waals surface area contributed by atoms with Crippen molar-refractivity contribution in [2.75, 3.05) is 6.61 Å². The van der Waals surface area contributed by atoms with Crippen molar-refractivity contribution in [1.82, 2.24) is 0 Å². The predicted molar refractivity (Wildman–Crippen MR) is 62.7 cm³/mol. The molecule has 0 saturated carbocycles. The summed E-state index contributed by atoms with van der Waals surface area (Å²) in [6.45, 7) is 2.02. The third-order valence-corrected chi connectivity index (χ3v) is 3.51. The van der Waals surface area contributed by atoms with E-state index in [-0.39, 0.29) is 5.82 Å². The quantitative estimate of drug-likeness (QED) is 0.765. The van der Waals surface area contributed by atoms with Crippen LogP contribution in [-0.2, 0) is 4.74 Å². The van der Waals surface area contributed by atoms with Crippen LogP contribution in [0.3, 0.4) is 0 Å². The van der Waals surface area contributed by atoms with Gasteiger partial charge >= 0.3 is 5.97 Å². The van der Waals surface area contributed by atoms with Gasteiger partial charge in [-0.05, 0) is 25.1 Å². The van der Waals surface area contributed by atoms with Crippen LogP contribution in [0.15, 0.2) is 18.2 Å². The summed E-state index contributed by atoms with van der Waals surface area (Å²) < 4.78 is 18.7. The Labute approximate surface area is 101 Å². The van der Waals surface area contributed by atoms with E-state index in [0.29, 0.717) is 26.6 Å². The number of ether oxygens (including phenoxy) is 1. The summed E-state index contributed by atoms with van der Waals surface area (Å²) in [4.78, 5) is 11.8. The van der Waals surface area contributed by atoms with Crippen LogP contribution in [-0.4, -0.2) is 12.6 Å². The molecular weight excluding hydrogens is 251 g/mol. The molecule has 0 saturated heterocycles. The first-order valence-corrected chi connectivity index (χ1v) is 5.87. The molecule has 2 rings (SSSR count). The largest absolute Gasteiger partial charge is 0.462 e. The maximum absolute atomic E-state index is 13.4. The number of carbonyl (C=O) groups excluding carboxylic acids is 1. The predicted octanol–water partition coefficient (Wildman–Crippen LogP) is 3.87. The first-order chi connectivity index (χ1) is 7.63. The van der Waals surface area contributed by atoms with Gasteiger partial charge in [-0.25, -0.2) is 9.18 Å². The number of thiophene rings is 1. The second-order valence-electron chi connectivity index (χ2n) is 3.10. The fourth-order valence-electron chi connectivity index (χ4n) is 1.36. The second kappa shape index (κ2) is 4.39. The molecule has 5 heteroatoms. The lowest BCUT2D eigenvalue weighted by Gasteiger charge is -1.95. The Bertz CT molecular complexity index is 511. The van der Waals surface area contributed by atoms with E-state index in [4.69, 9.17) is 16.3 Å². The standard InChI is InChI=1S/C11H8ClFO2S/c1-2-15-11(14)9-5-6-7(12)3-4-8(13)10(6)16-9/h3-5H,2H2,1H3.